The van der Waals surface area contributed by atoms with Gasteiger partial charge in [-0.25, -0.2) is 4.68 Å². The molecule has 0 saturated carbocycles. The molecule has 0 bridgehead atoms. The van der Waals surface area contributed by atoms with Gasteiger partial charge >= 0.3 is 0 Å². The number of aromatic nitrogens is 2. The molecule has 0 radical (unpaired) electrons. The Balaban J connectivity index is 1.51. The average Bonchev–Trinajstić information content (AvgIpc) is 3.15. The van der Waals surface area contributed by atoms with Crippen LogP contribution in [0.1, 0.15) is 63.4 Å². The molecule has 2 atom stereocenters. The minimum absolute atomic E-state index is 0.119. The second-order valence-corrected chi connectivity index (χ2v) is 10.7. The van der Waals surface area contributed by atoms with E-state index in [2.05, 4.69) is 36.2 Å². The molecule has 1 spiro atoms. The number of aliphatic hydroxyl groups excluding tert-OH is 1. The summed E-state index contributed by atoms with van der Waals surface area (Å²) in [5, 5.41) is 18.3. The largest absolute Gasteiger partial charge is 0.390 e. The van der Waals surface area contributed by atoms with Crippen molar-refractivity contribution in [3.8, 4) is 5.69 Å². The van der Waals surface area contributed by atoms with Crippen LogP contribution in [0.5, 0.6) is 0 Å². The third kappa shape index (κ3) is 4.81. The first-order valence-electron chi connectivity index (χ1n) is 13.3. The lowest BCUT2D eigenvalue weighted by Gasteiger charge is -2.52. The van der Waals surface area contributed by atoms with Crippen molar-refractivity contribution in [3.63, 3.8) is 0 Å². The zero-order valence-electron chi connectivity index (χ0n) is 22.3. The maximum atomic E-state index is 13.5. The molecule has 2 amide bonds. The van der Waals surface area contributed by atoms with Gasteiger partial charge in [-0.2, -0.15) is 5.10 Å². The van der Waals surface area contributed by atoms with E-state index in [9.17, 15) is 14.7 Å². The lowest BCUT2D eigenvalue weighted by Crippen LogP contribution is -2.74. The van der Waals surface area contributed by atoms with Gasteiger partial charge < -0.3 is 15.3 Å². The molecule has 4 rings (SSSR count). The Labute approximate surface area is 214 Å². The van der Waals surface area contributed by atoms with E-state index in [0.29, 0.717) is 19.4 Å². The smallest absolute Gasteiger partial charge is 0.248 e. The number of nitrogens with zero attached hydrogens (tertiary/aromatic N) is 4. The van der Waals surface area contributed by atoms with Crippen molar-refractivity contribution in [3.05, 3.63) is 47.3 Å². The lowest BCUT2D eigenvalue weighted by molar-refractivity contribution is -0.165. The molecule has 8 nitrogen and oxygen atoms in total. The summed E-state index contributed by atoms with van der Waals surface area (Å²) in [5.41, 5.74) is 3.55. The fourth-order valence-corrected chi connectivity index (χ4v) is 5.62. The van der Waals surface area contributed by atoms with Gasteiger partial charge in [-0.3, -0.25) is 14.5 Å². The number of likely N-dealkylation sites (tertiary alicyclic amines) is 1. The number of rotatable bonds is 8. The molecule has 0 unspecified atom stereocenters. The summed E-state index contributed by atoms with van der Waals surface area (Å²) in [6.45, 7) is 12.7. The predicted octanol–water partition coefficient (Wildman–Crippen LogP) is 2.97. The van der Waals surface area contributed by atoms with Gasteiger partial charge in [0.2, 0.25) is 11.8 Å². The van der Waals surface area contributed by atoms with Crippen molar-refractivity contribution >= 4 is 11.8 Å². The highest BCUT2D eigenvalue weighted by atomic mass is 16.3. The van der Waals surface area contributed by atoms with Gasteiger partial charge in [0.15, 0.2) is 0 Å². The number of para-hydroxylation sites is 1. The number of piperazine rings is 1. The first-order valence-corrected chi connectivity index (χ1v) is 13.3. The molecular weight excluding hydrogens is 454 g/mol. The normalized spacial score (nSPS) is 21.3. The molecule has 2 saturated heterocycles. The summed E-state index contributed by atoms with van der Waals surface area (Å²) in [4.78, 5) is 31.2. The predicted molar refractivity (Wildman–Crippen MR) is 140 cm³/mol. The van der Waals surface area contributed by atoms with Crippen molar-refractivity contribution in [2.24, 2.45) is 5.92 Å². The second kappa shape index (κ2) is 10.7. The molecule has 2 aliphatic heterocycles. The Hall–Kier alpha value is -2.71. The number of carbonyl (C=O) groups is 2. The van der Waals surface area contributed by atoms with Gasteiger partial charge in [-0.1, -0.05) is 45.4 Å². The Bertz CT molecular complexity index is 1070. The highest BCUT2D eigenvalue weighted by Crippen LogP contribution is 2.35. The molecule has 2 aliphatic rings. The van der Waals surface area contributed by atoms with Crippen molar-refractivity contribution in [2.45, 2.75) is 84.5 Å². The van der Waals surface area contributed by atoms with E-state index in [1.54, 1.807) is 4.90 Å². The number of unbranched alkanes of at least 4 members (excludes halogenated alkanes) is 1. The Morgan fingerprint density at radius 3 is 2.42 bits per heavy atom. The topological polar surface area (TPSA) is 90.7 Å². The lowest BCUT2D eigenvalue weighted by atomic mass is 9.80. The molecule has 1 aromatic heterocycles. The summed E-state index contributed by atoms with van der Waals surface area (Å²) in [6.07, 6.45) is 2.06. The number of amides is 2. The standard InChI is InChI=1S/C28H41N5O3/c1-6-7-15-32-26(35)24(25(34)19(2)3)29-27(36)28(32)13-16-31(17-14-28)18-23-20(4)30-33(21(23)5)22-11-9-8-10-12-22/h8-12,19,24-25,34H,6-7,13-18H2,1-5H3,(H,29,36)/t24-,25+/m0/s1. The van der Waals surface area contributed by atoms with Gasteiger partial charge in [0.05, 0.1) is 17.5 Å². The number of carbonyl (C=O) groups excluding carboxylic acids is 2. The van der Waals surface area contributed by atoms with Crippen molar-refractivity contribution in [2.75, 3.05) is 19.6 Å². The molecule has 2 N–H and O–H groups in total. The van der Waals surface area contributed by atoms with Crippen molar-refractivity contribution in [1.82, 2.24) is 24.9 Å². The minimum Gasteiger partial charge on any atom is -0.390 e. The van der Waals surface area contributed by atoms with Crippen LogP contribution >= 0.6 is 0 Å². The van der Waals surface area contributed by atoms with Gasteiger partial charge in [-0.15, -0.1) is 0 Å². The van der Waals surface area contributed by atoms with E-state index in [1.165, 1.54) is 5.56 Å². The molecule has 8 heteroatoms. The Kier molecular flexibility index (Phi) is 7.85. The first kappa shape index (κ1) is 26.4. The zero-order valence-corrected chi connectivity index (χ0v) is 22.3. The van der Waals surface area contributed by atoms with E-state index >= 15 is 0 Å². The second-order valence-electron chi connectivity index (χ2n) is 10.7. The zero-order chi connectivity index (χ0) is 26.0. The third-order valence-corrected chi connectivity index (χ3v) is 8.02. The number of aryl methyl sites for hydroxylation is 1. The van der Waals surface area contributed by atoms with Crippen LogP contribution in [-0.4, -0.2) is 73.8 Å². The van der Waals surface area contributed by atoms with Crippen LogP contribution in [0.25, 0.3) is 5.69 Å². The highest BCUT2D eigenvalue weighted by molar-refractivity contribution is 6.00. The number of aliphatic hydroxyl groups is 1. The summed E-state index contributed by atoms with van der Waals surface area (Å²) < 4.78 is 2.00. The number of benzene rings is 1. The Morgan fingerprint density at radius 1 is 1.14 bits per heavy atom. The number of hydrogen-bond donors (Lipinski definition) is 2. The number of hydrogen-bond acceptors (Lipinski definition) is 5. The summed E-state index contributed by atoms with van der Waals surface area (Å²) >= 11 is 0. The summed E-state index contributed by atoms with van der Waals surface area (Å²) in [6, 6.07) is 9.28. The third-order valence-electron chi connectivity index (χ3n) is 8.02. The number of piperidine rings is 1. The van der Waals surface area contributed by atoms with Crippen LogP contribution in [0.3, 0.4) is 0 Å². The molecule has 36 heavy (non-hydrogen) atoms. The highest BCUT2D eigenvalue weighted by Gasteiger charge is 2.54. The monoisotopic (exact) mass is 495 g/mol. The molecule has 0 aliphatic carbocycles. The minimum atomic E-state index is -0.893. The fraction of sp³-hybridized carbons (Fsp3) is 0.607. The van der Waals surface area contributed by atoms with Gasteiger partial charge in [0, 0.05) is 37.4 Å². The molecule has 196 valence electrons. The van der Waals surface area contributed by atoms with E-state index < -0.39 is 17.7 Å². The molecule has 1 aromatic carbocycles. The van der Waals surface area contributed by atoms with Crippen molar-refractivity contribution < 1.29 is 14.7 Å². The van der Waals surface area contributed by atoms with Gasteiger partial charge in [0.25, 0.3) is 0 Å². The quantitative estimate of drug-likeness (QED) is 0.588. The maximum Gasteiger partial charge on any atom is 0.248 e. The van der Waals surface area contributed by atoms with E-state index in [1.807, 2.05) is 43.7 Å². The fourth-order valence-electron chi connectivity index (χ4n) is 5.62. The summed E-state index contributed by atoms with van der Waals surface area (Å²) in [7, 11) is 0. The van der Waals surface area contributed by atoms with Gasteiger partial charge in [0.1, 0.15) is 11.6 Å². The van der Waals surface area contributed by atoms with Crippen molar-refractivity contribution in [1.29, 1.82) is 0 Å². The maximum absolute atomic E-state index is 13.5. The van der Waals surface area contributed by atoms with Crippen LogP contribution in [0.15, 0.2) is 30.3 Å². The van der Waals surface area contributed by atoms with E-state index in [4.69, 9.17) is 5.10 Å². The van der Waals surface area contributed by atoms with E-state index in [-0.39, 0.29) is 17.7 Å². The average molecular weight is 496 g/mol. The molecular formula is C28H41N5O3. The Morgan fingerprint density at radius 2 is 1.81 bits per heavy atom. The van der Waals surface area contributed by atoms with Gasteiger partial charge in [-0.05, 0) is 51.2 Å². The van der Waals surface area contributed by atoms with Crippen LogP contribution in [0, 0.1) is 19.8 Å². The molecule has 3 heterocycles. The van der Waals surface area contributed by atoms with E-state index in [0.717, 1.165) is 49.6 Å². The molecule has 2 aromatic rings. The van der Waals surface area contributed by atoms with Crippen LogP contribution in [0.4, 0.5) is 0 Å². The number of nitrogens with one attached hydrogen (secondary N) is 1. The van der Waals surface area contributed by atoms with Crippen LogP contribution in [-0.2, 0) is 16.1 Å². The molecule has 2 fully saturated rings. The first-order chi connectivity index (χ1) is 17.2. The van der Waals surface area contributed by atoms with Crippen LogP contribution in [0.2, 0.25) is 0 Å². The SMILES string of the molecule is CCCCN1C(=O)[C@H]([C@H](O)C(C)C)NC(=O)C12CCN(Cc1c(C)nn(-c3ccccc3)c1C)CC2. The summed E-state index contributed by atoms with van der Waals surface area (Å²) in [5.74, 6) is -0.383. The van der Waals surface area contributed by atoms with Crippen LogP contribution < -0.4 is 5.32 Å².